The highest BCUT2D eigenvalue weighted by molar-refractivity contribution is 7.88. The van der Waals surface area contributed by atoms with Gasteiger partial charge in [-0.25, -0.2) is 27.5 Å². The van der Waals surface area contributed by atoms with Gasteiger partial charge in [-0.05, 0) is 48.9 Å². The Kier molecular flexibility index (Phi) is 5.58. The van der Waals surface area contributed by atoms with Crippen molar-refractivity contribution in [2.75, 3.05) is 6.26 Å². The van der Waals surface area contributed by atoms with Crippen LogP contribution in [0.2, 0.25) is 0 Å². The molecule has 5 heterocycles. The number of nitrogens with one attached hydrogen (secondary N) is 3. The van der Waals surface area contributed by atoms with Crippen LogP contribution in [0.3, 0.4) is 0 Å². The minimum Gasteiger partial charge on any atom is -0.353 e. The number of fused-ring (bicyclic) bond motifs is 2. The normalized spacial score (nSPS) is 12.1. The second-order valence-electron chi connectivity index (χ2n) is 9.19. The van der Waals surface area contributed by atoms with Crippen LogP contribution in [0, 0.1) is 12.7 Å². The van der Waals surface area contributed by atoms with Crippen molar-refractivity contribution in [3.05, 3.63) is 72.2 Å². The van der Waals surface area contributed by atoms with Crippen molar-refractivity contribution in [3.8, 4) is 33.9 Å². The van der Waals surface area contributed by atoms with E-state index in [0.29, 0.717) is 22.5 Å². The van der Waals surface area contributed by atoms with Gasteiger partial charge < -0.3 is 9.55 Å². The van der Waals surface area contributed by atoms with Crippen molar-refractivity contribution in [3.63, 3.8) is 0 Å². The topological polar surface area (TPSA) is 134 Å². The summed E-state index contributed by atoms with van der Waals surface area (Å²) in [5.74, 6) is 0.418. The molecule has 0 fully saturated rings. The van der Waals surface area contributed by atoms with Crippen LogP contribution < -0.4 is 4.72 Å². The third kappa shape index (κ3) is 4.33. The van der Waals surface area contributed by atoms with Crippen molar-refractivity contribution < 1.29 is 12.8 Å². The molecule has 3 N–H and O–H groups in total. The Morgan fingerprint density at radius 3 is 2.63 bits per heavy atom. The van der Waals surface area contributed by atoms with Crippen LogP contribution in [-0.4, -0.2) is 49.4 Å². The second-order valence-corrected chi connectivity index (χ2v) is 11.0. The predicted molar refractivity (Wildman–Crippen MR) is 143 cm³/mol. The van der Waals surface area contributed by atoms with E-state index in [-0.39, 0.29) is 6.54 Å². The molecule has 6 rings (SSSR count). The van der Waals surface area contributed by atoms with Crippen LogP contribution in [0.1, 0.15) is 11.4 Å². The van der Waals surface area contributed by atoms with Gasteiger partial charge in [0.2, 0.25) is 10.0 Å². The molecule has 0 amide bonds. The van der Waals surface area contributed by atoms with E-state index in [9.17, 15) is 12.8 Å². The number of halogens is 1. The van der Waals surface area contributed by atoms with E-state index in [1.807, 2.05) is 42.9 Å². The molecule has 10 nitrogen and oxygen atoms in total. The fourth-order valence-corrected chi connectivity index (χ4v) is 4.97. The summed E-state index contributed by atoms with van der Waals surface area (Å²) in [6.45, 7) is 1.92. The molecule has 0 radical (unpaired) electrons. The standard InChI is InChI=1S/C26H23FN8O2S/c1-14-29-13-23(35(14)2)17-9-20-25(33-34-26(20)30-12-17)22-10-19-21(32-22)4-5-28-24(19)16-6-15(7-18(27)8-16)11-31-38(3,36)37/h4-10,12-13,31-32H,11H2,1-3H3,(H,30,33,34). The van der Waals surface area contributed by atoms with E-state index < -0.39 is 15.8 Å². The van der Waals surface area contributed by atoms with Gasteiger partial charge in [0, 0.05) is 53.4 Å². The van der Waals surface area contributed by atoms with Crippen LogP contribution in [0.25, 0.3) is 55.8 Å². The minimum absolute atomic E-state index is 0.0242. The fourth-order valence-electron chi connectivity index (χ4n) is 4.54. The average Bonchev–Trinajstić information content (AvgIpc) is 3.58. The number of benzene rings is 1. The highest BCUT2D eigenvalue weighted by atomic mass is 32.2. The smallest absolute Gasteiger partial charge is 0.209 e. The van der Waals surface area contributed by atoms with Gasteiger partial charge in [0.25, 0.3) is 0 Å². The first-order valence-corrected chi connectivity index (χ1v) is 13.6. The number of aryl methyl sites for hydroxylation is 1. The summed E-state index contributed by atoms with van der Waals surface area (Å²) in [5, 5.41) is 9.08. The number of hydrogen-bond acceptors (Lipinski definition) is 6. The molecule has 5 aromatic heterocycles. The molecule has 1 aromatic carbocycles. The first-order chi connectivity index (χ1) is 18.2. The maximum absolute atomic E-state index is 14.5. The van der Waals surface area contributed by atoms with Crippen molar-refractivity contribution in [1.29, 1.82) is 0 Å². The quantitative estimate of drug-likeness (QED) is 0.297. The number of imidazole rings is 1. The van der Waals surface area contributed by atoms with Gasteiger partial charge in [0.15, 0.2) is 5.65 Å². The lowest BCUT2D eigenvalue weighted by Gasteiger charge is -2.08. The first kappa shape index (κ1) is 23.9. The summed E-state index contributed by atoms with van der Waals surface area (Å²) in [6, 6.07) is 10.2. The highest BCUT2D eigenvalue weighted by Gasteiger charge is 2.17. The maximum atomic E-state index is 14.5. The number of rotatable bonds is 6. The molecule has 0 aliphatic carbocycles. The maximum Gasteiger partial charge on any atom is 0.209 e. The zero-order valence-corrected chi connectivity index (χ0v) is 21.6. The van der Waals surface area contributed by atoms with Gasteiger partial charge in [0.05, 0.1) is 35.2 Å². The average molecular weight is 531 g/mol. The molecule has 0 saturated heterocycles. The lowest BCUT2D eigenvalue weighted by molar-refractivity contribution is 0.586. The lowest BCUT2D eigenvalue weighted by atomic mass is 10.0. The van der Waals surface area contributed by atoms with Gasteiger partial charge in [0.1, 0.15) is 11.6 Å². The van der Waals surface area contributed by atoms with E-state index in [2.05, 4.69) is 34.9 Å². The molecule has 0 atom stereocenters. The third-order valence-corrected chi connectivity index (χ3v) is 7.18. The zero-order chi connectivity index (χ0) is 26.6. The Hall–Kier alpha value is -4.42. The molecule has 192 valence electrons. The monoisotopic (exact) mass is 530 g/mol. The Labute approximate surface area is 217 Å². The zero-order valence-electron chi connectivity index (χ0n) is 20.7. The summed E-state index contributed by atoms with van der Waals surface area (Å²) in [7, 11) is -1.46. The first-order valence-electron chi connectivity index (χ1n) is 11.7. The molecule has 0 aliphatic heterocycles. The van der Waals surface area contributed by atoms with Gasteiger partial charge >= 0.3 is 0 Å². The van der Waals surface area contributed by atoms with Crippen molar-refractivity contribution in [2.24, 2.45) is 7.05 Å². The molecular weight excluding hydrogens is 507 g/mol. The van der Waals surface area contributed by atoms with Crippen LogP contribution >= 0.6 is 0 Å². The number of aromatic amines is 2. The van der Waals surface area contributed by atoms with Crippen LogP contribution in [0.5, 0.6) is 0 Å². The minimum atomic E-state index is -3.42. The molecule has 38 heavy (non-hydrogen) atoms. The number of H-pyrrole nitrogens is 2. The van der Waals surface area contributed by atoms with E-state index in [1.54, 1.807) is 18.5 Å². The second kappa shape index (κ2) is 8.85. The molecule has 0 bridgehead atoms. The number of sulfonamides is 1. The Balaban J connectivity index is 1.44. The summed E-state index contributed by atoms with van der Waals surface area (Å²) >= 11 is 0. The van der Waals surface area contributed by atoms with Crippen molar-refractivity contribution >= 4 is 32.0 Å². The molecule has 0 unspecified atom stereocenters. The summed E-state index contributed by atoms with van der Waals surface area (Å²) in [6.07, 6.45) is 6.30. The van der Waals surface area contributed by atoms with Gasteiger partial charge in [-0.15, -0.1) is 0 Å². The highest BCUT2D eigenvalue weighted by Crippen LogP contribution is 2.34. The number of pyridine rings is 2. The van der Waals surface area contributed by atoms with Crippen LogP contribution in [-0.2, 0) is 23.6 Å². The molecular formula is C26H23FN8O2S. The van der Waals surface area contributed by atoms with E-state index in [0.717, 1.165) is 51.0 Å². The predicted octanol–water partition coefficient (Wildman–Crippen LogP) is 4.07. The third-order valence-electron chi connectivity index (χ3n) is 6.51. The number of nitrogens with zero attached hydrogens (tertiary/aromatic N) is 5. The van der Waals surface area contributed by atoms with Gasteiger partial charge in [-0.3, -0.25) is 10.1 Å². The molecule has 0 spiro atoms. The fraction of sp³-hybridized carbons (Fsp3) is 0.154. The van der Waals surface area contributed by atoms with Crippen LogP contribution in [0.4, 0.5) is 4.39 Å². The lowest BCUT2D eigenvalue weighted by Crippen LogP contribution is -2.21. The Morgan fingerprint density at radius 2 is 1.87 bits per heavy atom. The van der Waals surface area contributed by atoms with E-state index in [1.165, 1.54) is 12.1 Å². The largest absolute Gasteiger partial charge is 0.353 e. The molecule has 0 saturated carbocycles. The van der Waals surface area contributed by atoms with Crippen molar-refractivity contribution in [2.45, 2.75) is 13.5 Å². The van der Waals surface area contributed by atoms with Crippen LogP contribution in [0.15, 0.2) is 55.0 Å². The van der Waals surface area contributed by atoms with E-state index in [4.69, 9.17) is 0 Å². The van der Waals surface area contributed by atoms with Gasteiger partial charge in [-0.1, -0.05) is 0 Å². The SMILES string of the molecule is Cc1ncc(-c2cnc3n[nH]c(-c4cc5c(-c6cc(F)cc(CNS(C)(=O)=O)c6)nccc5[nH]4)c3c2)n1C. The van der Waals surface area contributed by atoms with Gasteiger partial charge in [-0.2, -0.15) is 5.10 Å². The van der Waals surface area contributed by atoms with E-state index >= 15 is 0 Å². The molecule has 0 aliphatic rings. The summed E-state index contributed by atoms with van der Waals surface area (Å²) in [4.78, 5) is 16.8. The van der Waals surface area contributed by atoms with Crippen molar-refractivity contribution in [1.82, 2.24) is 39.4 Å². The molecule has 6 aromatic rings. The Morgan fingerprint density at radius 1 is 1.03 bits per heavy atom. The number of aromatic nitrogens is 7. The Bertz CT molecular complexity index is 1960. The molecule has 12 heteroatoms. The number of hydrogen-bond donors (Lipinski definition) is 3. The summed E-state index contributed by atoms with van der Waals surface area (Å²) < 4.78 is 41.9. The summed E-state index contributed by atoms with van der Waals surface area (Å²) in [5.41, 5.74) is 6.36.